The number of aromatic nitrogens is 1. The van der Waals surface area contributed by atoms with Crippen molar-refractivity contribution in [1.82, 2.24) is 9.88 Å². The van der Waals surface area contributed by atoms with Crippen molar-refractivity contribution in [2.75, 3.05) is 0 Å². The number of pyridine rings is 1. The number of alkyl halides is 3. The first-order valence-electron chi connectivity index (χ1n) is 6.82. The molecule has 0 radical (unpaired) electrons. The second-order valence-electron chi connectivity index (χ2n) is 5.99. The van der Waals surface area contributed by atoms with E-state index < -0.39 is 29.3 Å². The Labute approximate surface area is 124 Å². The molecule has 2 rings (SSSR count). The first-order valence-corrected chi connectivity index (χ1v) is 6.82. The molecule has 8 heteroatoms. The van der Waals surface area contributed by atoms with Gasteiger partial charge in [-0.05, 0) is 38.8 Å². The van der Waals surface area contributed by atoms with E-state index in [0.717, 1.165) is 26.7 Å². The molecule has 1 atom stereocenters. The summed E-state index contributed by atoms with van der Waals surface area (Å²) in [6, 6.07) is 2.81. The van der Waals surface area contributed by atoms with Crippen LogP contribution in [0.2, 0.25) is 0 Å². The zero-order chi connectivity index (χ0) is 16.7. The van der Waals surface area contributed by atoms with Crippen LogP contribution in [0.5, 0.6) is 0 Å². The zero-order valence-electron chi connectivity index (χ0n) is 12.1. The number of aliphatic hydroxyl groups is 1. The minimum Gasteiger partial charge on any atom is -0.382 e. The molecular weight excluding hydrogens is 301 g/mol. The Hall–Kier alpha value is -1.83. The highest BCUT2D eigenvalue weighted by atomic mass is 19.4. The Balaban J connectivity index is 2.22. The second kappa shape index (κ2) is 5.42. The van der Waals surface area contributed by atoms with Gasteiger partial charge in [0.25, 0.3) is 11.5 Å². The summed E-state index contributed by atoms with van der Waals surface area (Å²) in [5.41, 5.74) is -2.74. The quantitative estimate of drug-likeness (QED) is 0.886. The number of nitrogens with one attached hydrogen (secondary N) is 1. The van der Waals surface area contributed by atoms with Crippen molar-refractivity contribution >= 4 is 5.91 Å². The lowest BCUT2D eigenvalue weighted by Gasteiger charge is -2.32. The van der Waals surface area contributed by atoms with Gasteiger partial charge in [-0.1, -0.05) is 0 Å². The maximum absolute atomic E-state index is 12.6. The predicted molar refractivity (Wildman–Crippen MR) is 72.6 cm³/mol. The molecule has 1 aromatic heterocycles. The Morgan fingerprint density at radius 2 is 2.00 bits per heavy atom. The Kier molecular flexibility index (Phi) is 4.08. The van der Waals surface area contributed by atoms with E-state index in [-0.39, 0.29) is 11.6 Å². The fourth-order valence-electron chi connectivity index (χ4n) is 2.16. The van der Waals surface area contributed by atoms with Crippen LogP contribution in [0, 0.1) is 0 Å². The van der Waals surface area contributed by atoms with Gasteiger partial charge in [0.2, 0.25) is 0 Å². The van der Waals surface area contributed by atoms with Crippen molar-refractivity contribution < 1.29 is 23.1 Å². The van der Waals surface area contributed by atoms with Gasteiger partial charge in [0, 0.05) is 12.2 Å². The fourth-order valence-corrected chi connectivity index (χ4v) is 2.16. The molecule has 1 saturated carbocycles. The van der Waals surface area contributed by atoms with Gasteiger partial charge in [-0.25, -0.2) is 0 Å². The number of carbonyl (C=O) groups is 1. The molecule has 0 aromatic carbocycles. The number of nitrogens with zero attached hydrogens (tertiary/aromatic N) is 1. The Morgan fingerprint density at radius 1 is 1.41 bits per heavy atom. The summed E-state index contributed by atoms with van der Waals surface area (Å²) in [7, 11) is 0. The van der Waals surface area contributed by atoms with Gasteiger partial charge in [-0.3, -0.25) is 9.59 Å². The lowest BCUT2D eigenvalue weighted by atomic mass is 9.96. The van der Waals surface area contributed by atoms with Crippen LogP contribution in [0.15, 0.2) is 23.1 Å². The van der Waals surface area contributed by atoms with Crippen LogP contribution in [0.25, 0.3) is 0 Å². The number of hydrogen-bond acceptors (Lipinski definition) is 3. The molecule has 2 N–H and O–H groups in total. The van der Waals surface area contributed by atoms with Crippen LogP contribution in [-0.2, 0) is 0 Å². The van der Waals surface area contributed by atoms with Gasteiger partial charge >= 0.3 is 6.18 Å². The molecule has 0 saturated heterocycles. The van der Waals surface area contributed by atoms with Crippen molar-refractivity contribution in [3.63, 3.8) is 0 Å². The van der Waals surface area contributed by atoms with Crippen molar-refractivity contribution in [3.05, 3.63) is 34.2 Å². The molecule has 1 fully saturated rings. The van der Waals surface area contributed by atoms with Crippen LogP contribution >= 0.6 is 0 Å². The van der Waals surface area contributed by atoms with Gasteiger partial charge in [0.1, 0.15) is 5.56 Å². The zero-order valence-corrected chi connectivity index (χ0v) is 12.1. The summed E-state index contributed by atoms with van der Waals surface area (Å²) >= 11 is 0. The standard InChI is InChI=1S/C14H17F3N2O3/c1-13(2,12(22)14(15,16)17)18-10(20)9-4-3-7-19(11(9)21)8-5-6-8/h3-4,7-8,12,22H,5-6H2,1-2H3,(H,18,20). The molecular formula is C14H17F3N2O3. The molecule has 5 nitrogen and oxygen atoms in total. The minimum atomic E-state index is -4.87. The predicted octanol–water partition coefficient (Wildman–Crippen LogP) is 1.61. The molecule has 22 heavy (non-hydrogen) atoms. The molecule has 0 spiro atoms. The highest BCUT2D eigenvalue weighted by molar-refractivity contribution is 5.94. The van der Waals surface area contributed by atoms with Crippen LogP contribution < -0.4 is 10.9 Å². The van der Waals surface area contributed by atoms with Crippen molar-refractivity contribution in [2.45, 2.75) is 50.6 Å². The van der Waals surface area contributed by atoms with E-state index in [9.17, 15) is 27.9 Å². The average molecular weight is 318 g/mol. The van der Waals surface area contributed by atoms with Crippen LogP contribution in [0.1, 0.15) is 43.1 Å². The molecule has 0 aliphatic heterocycles. The summed E-state index contributed by atoms with van der Waals surface area (Å²) in [5.74, 6) is -0.937. The van der Waals surface area contributed by atoms with E-state index in [0.29, 0.717) is 0 Å². The van der Waals surface area contributed by atoms with E-state index in [1.807, 2.05) is 0 Å². The fraction of sp³-hybridized carbons (Fsp3) is 0.571. The maximum atomic E-state index is 12.6. The van der Waals surface area contributed by atoms with Gasteiger partial charge < -0.3 is 15.0 Å². The second-order valence-corrected chi connectivity index (χ2v) is 5.99. The third kappa shape index (κ3) is 3.32. The summed E-state index contributed by atoms with van der Waals surface area (Å²) in [6.45, 7) is 2.09. The third-order valence-corrected chi connectivity index (χ3v) is 3.59. The summed E-state index contributed by atoms with van der Waals surface area (Å²) in [5, 5.41) is 11.4. The Bertz CT molecular complexity index is 633. The number of halogens is 3. The van der Waals surface area contributed by atoms with Crippen molar-refractivity contribution in [1.29, 1.82) is 0 Å². The lowest BCUT2D eigenvalue weighted by Crippen LogP contribution is -2.58. The van der Waals surface area contributed by atoms with E-state index in [4.69, 9.17) is 0 Å². The smallest absolute Gasteiger partial charge is 0.382 e. The normalized spacial score (nSPS) is 17.2. The third-order valence-electron chi connectivity index (χ3n) is 3.59. The Morgan fingerprint density at radius 3 is 2.50 bits per heavy atom. The van der Waals surface area contributed by atoms with E-state index in [1.165, 1.54) is 16.7 Å². The van der Waals surface area contributed by atoms with E-state index in [1.54, 1.807) is 6.20 Å². The lowest BCUT2D eigenvalue weighted by molar-refractivity contribution is -0.222. The van der Waals surface area contributed by atoms with Gasteiger partial charge in [0.05, 0.1) is 5.54 Å². The van der Waals surface area contributed by atoms with Crippen LogP contribution in [-0.4, -0.2) is 33.4 Å². The maximum Gasteiger partial charge on any atom is 0.416 e. The summed E-state index contributed by atoms with van der Waals surface area (Å²) in [6.07, 6.45) is -4.39. The largest absolute Gasteiger partial charge is 0.416 e. The molecule has 1 aliphatic carbocycles. The molecule has 1 amide bonds. The van der Waals surface area contributed by atoms with E-state index >= 15 is 0 Å². The van der Waals surface area contributed by atoms with Gasteiger partial charge in [0.15, 0.2) is 6.10 Å². The highest BCUT2D eigenvalue weighted by Gasteiger charge is 2.48. The summed E-state index contributed by atoms with van der Waals surface area (Å²) < 4.78 is 39.2. The number of amides is 1. The first kappa shape index (κ1) is 16.5. The van der Waals surface area contributed by atoms with Crippen molar-refractivity contribution in [3.8, 4) is 0 Å². The number of hydrogen-bond donors (Lipinski definition) is 2. The topological polar surface area (TPSA) is 71.3 Å². The number of carbonyl (C=O) groups excluding carboxylic acids is 1. The minimum absolute atomic E-state index is 0.0500. The number of aliphatic hydroxyl groups excluding tert-OH is 1. The SMILES string of the molecule is CC(C)(NC(=O)c1cccn(C2CC2)c1=O)C(O)C(F)(F)F. The average Bonchev–Trinajstić information content (AvgIpc) is 3.20. The van der Waals surface area contributed by atoms with Crippen LogP contribution in [0.4, 0.5) is 13.2 Å². The molecule has 1 heterocycles. The molecule has 1 aromatic rings. The molecule has 1 aliphatic rings. The first-order chi connectivity index (χ1) is 10.0. The van der Waals surface area contributed by atoms with Crippen molar-refractivity contribution in [2.24, 2.45) is 0 Å². The highest BCUT2D eigenvalue weighted by Crippen LogP contribution is 2.33. The monoisotopic (exact) mass is 318 g/mol. The number of rotatable bonds is 4. The molecule has 1 unspecified atom stereocenters. The molecule has 122 valence electrons. The summed E-state index contributed by atoms with van der Waals surface area (Å²) in [4.78, 5) is 24.3. The van der Waals surface area contributed by atoms with Gasteiger partial charge in [-0.2, -0.15) is 13.2 Å². The van der Waals surface area contributed by atoms with Crippen LogP contribution in [0.3, 0.4) is 0 Å². The van der Waals surface area contributed by atoms with Gasteiger partial charge in [-0.15, -0.1) is 0 Å². The van der Waals surface area contributed by atoms with E-state index in [2.05, 4.69) is 5.32 Å². The molecule has 0 bridgehead atoms.